The Morgan fingerprint density at radius 1 is 1.15 bits per heavy atom. The second-order valence-corrected chi connectivity index (χ2v) is 7.41. The van der Waals surface area contributed by atoms with Crippen LogP contribution in [0.4, 0.5) is 5.69 Å². The molecule has 26 heavy (non-hydrogen) atoms. The Labute approximate surface area is 162 Å². The second-order valence-electron chi connectivity index (χ2n) is 7.41. The van der Waals surface area contributed by atoms with Crippen molar-refractivity contribution >= 4 is 23.2 Å². The fourth-order valence-electron chi connectivity index (χ4n) is 2.22. The molecule has 0 spiro atoms. The Balaban J connectivity index is 0.00000625. The molecule has 0 bridgehead atoms. The maximum Gasteiger partial charge on any atom is 0.295 e. The molecule has 7 nitrogen and oxygen atoms in total. The van der Waals surface area contributed by atoms with E-state index in [1.165, 1.54) is 0 Å². The Hall–Kier alpha value is -1.96. The van der Waals surface area contributed by atoms with Crippen LogP contribution in [0, 0.1) is 5.92 Å². The van der Waals surface area contributed by atoms with Crippen molar-refractivity contribution in [3.63, 3.8) is 0 Å². The highest BCUT2D eigenvalue weighted by Crippen LogP contribution is 2.10. The summed E-state index contributed by atoms with van der Waals surface area (Å²) < 4.78 is 0.510. The number of quaternary nitrogens is 1. The number of hydrogen-bond acceptors (Lipinski definition) is 4. The molecule has 0 aromatic heterocycles. The number of hydrazone groups is 1. The predicted octanol–water partition coefficient (Wildman–Crippen LogP) is -1.99. The molecule has 0 aliphatic rings. The average molecular weight is 384 g/mol. The molecule has 0 heterocycles. The summed E-state index contributed by atoms with van der Waals surface area (Å²) in [6.07, 6.45) is 0. The van der Waals surface area contributed by atoms with Gasteiger partial charge in [0.05, 0.1) is 27.1 Å². The van der Waals surface area contributed by atoms with E-state index in [1.807, 2.05) is 70.5 Å². The lowest BCUT2D eigenvalue weighted by Gasteiger charge is -2.23. The first kappa shape index (κ1) is 24.0. The SMILES string of the molecule is C/C(=N\NC(=O)C[N+](C)(C)C)C(CN(C)C)C(=O)Nc1ccccc1.[Cl-]. The molecule has 1 atom stereocenters. The highest BCUT2D eigenvalue weighted by Gasteiger charge is 2.23. The zero-order valence-corrected chi connectivity index (χ0v) is 17.2. The Morgan fingerprint density at radius 2 is 1.73 bits per heavy atom. The summed E-state index contributed by atoms with van der Waals surface area (Å²) in [5, 5.41) is 7.04. The first-order valence-corrected chi connectivity index (χ1v) is 8.22. The van der Waals surface area contributed by atoms with Crippen LogP contribution in [-0.2, 0) is 9.59 Å². The third kappa shape index (κ3) is 9.50. The number of nitrogens with one attached hydrogen (secondary N) is 2. The molecule has 2 N–H and O–H groups in total. The number of halogens is 1. The van der Waals surface area contributed by atoms with Crippen LogP contribution in [0.2, 0.25) is 0 Å². The summed E-state index contributed by atoms with van der Waals surface area (Å²) in [5.41, 5.74) is 3.85. The lowest BCUT2D eigenvalue weighted by molar-refractivity contribution is -0.862. The molecule has 1 aromatic carbocycles. The fraction of sp³-hybridized carbons (Fsp3) is 0.500. The van der Waals surface area contributed by atoms with Gasteiger partial charge in [-0.15, -0.1) is 0 Å². The topological polar surface area (TPSA) is 73.8 Å². The van der Waals surface area contributed by atoms with E-state index in [-0.39, 0.29) is 24.2 Å². The van der Waals surface area contributed by atoms with Crippen molar-refractivity contribution in [1.29, 1.82) is 0 Å². The van der Waals surface area contributed by atoms with E-state index >= 15 is 0 Å². The smallest absolute Gasteiger partial charge is 0.295 e. The lowest BCUT2D eigenvalue weighted by Crippen LogP contribution is -3.00. The van der Waals surface area contributed by atoms with Crippen molar-refractivity contribution in [2.75, 3.05) is 53.6 Å². The third-order valence-electron chi connectivity index (χ3n) is 3.38. The van der Waals surface area contributed by atoms with Crippen molar-refractivity contribution in [3.8, 4) is 0 Å². The van der Waals surface area contributed by atoms with Gasteiger partial charge in [-0.25, -0.2) is 5.43 Å². The minimum atomic E-state index is -0.459. The minimum Gasteiger partial charge on any atom is -1.00 e. The average Bonchev–Trinajstić information content (AvgIpc) is 2.49. The highest BCUT2D eigenvalue weighted by atomic mass is 35.5. The van der Waals surface area contributed by atoms with Crippen LogP contribution >= 0.6 is 0 Å². The largest absolute Gasteiger partial charge is 1.00 e. The van der Waals surface area contributed by atoms with Gasteiger partial charge in [0.25, 0.3) is 5.91 Å². The molecule has 2 amide bonds. The number of carbonyl (C=O) groups excluding carboxylic acids is 2. The number of benzene rings is 1. The second kappa shape index (κ2) is 10.9. The van der Waals surface area contributed by atoms with E-state index in [2.05, 4.69) is 15.8 Å². The number of anilines is 1. The number of hydrogen-bond donors (Lipinski definition) is 2. The monoisotopic (exact) mass is 383 g/mol. The molecule has 1 unspecified atom stereocenters. The summed E-state index contributed by atoms with van der Waals surface area (Å²) in [6.45, 7) is 2.56. The van der Waals surface area contributed by atoms with Gasteiger partial charge in [-0.2, -0.15) is 5.10 Å². The highest BCUT2D eigenvalue weighted by molar-refractivity contribution is 6.08. The number of para-hydroxylation sites is 1. The van der Waals surface area contributed by atoms with Gasteiger partial charge in [-0.3, -0.25) is 9.59 Å². The molecular weight excluding hydrogens is 354 g/mol. The predicted molar refractivity (Wildman–Crippen MR) is 101 cm³/mol. The quantitative estimate of drug-likeness (QED) is 0.310. The molecule has 0 saturated heterocycles. The van der Waals surface area contributed by atoms with Crippen LogP contribution in [0.1, 0.15) is 6.92 Å². The fourth-order valence-corrected chi connectivity index (χ4v) is 2.22. The van der Waals surface area contributed by atoms with Crippen molar-refractivity contribution in [2.24, 2.45) is 11.0 Å². The summed E-state index contributed by atoms with van der Waals surface area (Å²) in [7, 11) is 9.58. The third-order valence-corrected chi connectivity index (χ3v) is 3.38. The molecule has 0 fully saturated rings. The normalized spacial score (nSPS) is 13.0. The van der Waals surface area contributed by atoms with Crippen molar-refractivity contribution in [1.82, 2.24) is 10.3 Å². The van der Waals surface area contributed by atoms with Crippen LogP contribution in [0.3, 0.4) is 0 Å². The van der Waals surface area contributed by atoms with E-state index < -0.39 is 5.92 Å². The van der Waals surface area contributed by atoms with E-state index in [9.17, 15) is 9.59 Å². The number of carbonyl (C=O) groups is 2. The van der Waals surface area contributed by atoms with Gasteiger partial charge >= 0.3 is 0 Å². The standard InChI is InChI=1S/C18H29N5O2.ClH/c1-14(20-21-17(24)13-23(4,5)6)16(12-22(2)3)18(25)19-15-10-8-7-9-11-15;/h7-11,16H,12-13H2,1-6H3,(H-,19,21,24,25);1H/b20-14+;. The van der Waals surface area contributed by atoms with Crippen LogP contribution in [0.5, 0.6) is 0 Å². The Bertz CT molecular complexity index is 612. The molecule has 1 aromatic rings. The van der Waals surface area contributed by atoms with Gasteiger partial charge < -0.3 is 27.1 Å². The molecule has 0 saturated carbocycles. The van der Waals surface area contributed by atoms with Crippen LogP contribution < -0.4 is 23.1 Å². The van der Waals surface area contributed by atoms with Crippen molar-refractivity contribution in [2.45, 2.75) is 6.92 Å². The van der Waals surface area contributed by atoms with Gasteiger partial charge in [-0.1, -0.05) is 18.2 Å². The van der Waals surface area contributed by atoms with Crippen LogP contribution in [0.25, 0.3) is 0 Å². The number of rotatable bonds is 8. The van der Waals surface area contributed by atoms with Gasteiger partial charge in [0.1, 0.15) is 0 Å². The van der Waals surface area contributed by atoms with E-state index in [4.69, 9.17) is 0 Å². The number of nitrogens with zero attached hydrogens (tertiary/aromatic N) is 3. The first-order valence-electron chi connectivity index (χ1n) is 8.22. The zero-order valence-electron chi connectivity index (χ0n) is 16.4. The first-order chi connectivity index (χ1) is 11.6. The van der Waals surface area contributed by atoms with Crippen LogP contribution in [-0.4, -0.2) is 75.2 Å². The summed E-state index contributed by atoms with van der Waals surface area (Å²) >= 11 is 0. The molecule has 0 aliphatic carbocycles. The maximum absolute atomic E-state index is 12.6. The molecule has 146 valence electrons. The molecular formula is C18H30ClN5O2. The van der Waals surface area contributed by atoms with Gasteiger partial charge in [-0.05, 0) is 33.2 Å². The Morgan fingerprint density at radius 3 is 2.23 bits per heavy atom. The van der Waals surface area contributed by atoms with Gasteiger partial charge in [0.2, 0.25) is 5.91 Å². The van der Waals surface area contributed by atoms with E-state index in [1.54, 1.807) is 6.92 Å². The zero-order chi connectivity index (χ0) is 19.0. The summed E-state index contributed by atoms with van der Waals surface area (Å²) in [4.78, 5) is 26.5. The number of amides is 2. The van der Waals surface area contributed by atoms with Crippen molar-refractivity contribution < 1.29 is 26.5 Å². The molecule has 8 heteroatoms. The van der Waals surface area contributed by atoms with E-state index in [0.717, 1.165) is 5.69 Å². The maximum atomic E-state index is 12.6. The Kier molecular flexibility index (Phi) is 10.1. The number of likely N-dealkylation sites (N-methyl/N-ethyl adjacent to an activating group) is 1. The lowest BCUT2D eigenvalue weighted by atomic mass is 10.0. The summed E-state index contributed by atoms with van der Waals surface area (Å²) in [6, 6.07) is 9.29. The summed E-state index contributed by atoms with van der Waals surface area (Å²) in [5.74, 6) is -0.791. The van der Waals surface area contributed by atoms with Gasteiger partial charge in [0, 0.05) is 17.9 Å². The van der Waals surface area contributed by atoms with E-state index in [0.29, 0.717) is 23.3 Å². The van der Waals surface area contributed by atoms with Gasteiger partial charge in [0.15, 0.2) is 6.54 Å². The minimum absolute atomic E-state index is 0. The molecule has 1 rings (SSSR count). The van der Waals surface area contributed by atoms with Crippen LogP contribution in [0.15, 0.2) is 35.4 Å². The molecule has 0 radical (unpaired) electrons. The molecule has 0 aliphatic heterocycles. The van der Waals surface area contributed by atoms with Crippen molar-refractivity contribution in [3.05, 3.63) is 30.3 Å².